The zero-order valence-corrected chi connectivity index (χ0v) is 18.3. The minimum absolute atomic E-state index is 0.0272. The van der Waals surface area contributed by atoms with Crippen LogP contribution < -0.4 is 15.5 Å². The maximum absolute atomic E-state index is 12.7. The first-order chi connectivity index (χ1) is 15.5. The normalized spacial score (nSPS) is 15.9. The van der Waals surface area contributed by atoms with Gasteiger partial charge in [0.2, 0.25) is 10.0 Å². The molecule has 0 fully saturated rings. The predicted octanol–water partition coefficient (Wildman–Crippen LogP) is 3.41. The summed E-state index contributed by atoms with van der Waals surface area (Å²) in [4.78, 5) is 17.4. The fraction of sp³-hybridized carbons (Fsp3) is 0.286. The molecule has 0 radical (unpaired) electrons. The summed E-state index contributed by atoms with van der Waals surface area (Å²) in [5.74, 6) is -0.860. The number of halogens is 3. The van der Waals surface area contributed by atoms with Gasteiger partial charge in [0, 0.05) is 30.9 Å². The van der Waals surface area contributed by atoms with Crippen LogP contribution in [0.5, 0.6) is 5.75 Å². The fourth-order valence-electron chi connectivity index (χ4n) is 2.91. The Balaban J connectivity index is 1.52. The molecule has 1 amide bonds. The van der Waals surface area contributed by atoms with Crippen LogP contribution in [0, 0.1) is 0 Å². The second-order valence-electron chi connectivity index (χ2n) is 7.08. The molecule has 3 rings (SSSR count). The Bertz CT molecular complexity index is 1090. The summed E-state index contributed by atoms with van der Waals surface area (Å²) in [5, 5.41) is 2.71. The number of hydrogen-bond acceptors (Lipinski definition) is 6. The van der Waals surface area contributed by atoms with Crippen LogP contribution in [0.2, 0.25) is 0 Å². The Labute approximate surface area is 189 Å². The SMILES string of the molecule is CC(ONC1=CCN(S(=O)(=O)c2ccc(OC(F)(F)F)cc2)CC1)C(=O)Nc1ccccc1. The van der Waals surface area contributed by atoms with Gasteiger partial charge in [0.25, 0.3) is 5.91 Å². The van der Waals surface area contributed by atoms with Gasteiger partial charge in [-0.3, -0.25) is 15.1 Å². The number of ether oxygens (including phenoxy) is 1. The van der Waals surface area contributed by atoms with Crippen LogP contribution >= 0.6 is 0 Å². The number of alkyl halides is 3. The van der Waals surface area contributed by atoms with Gasteiger partial charge in [-0.05, 0) is 49.4 Å². The number of carbonyl (C=O) groups is 1. The minimum Gasteiger partial charge on any atom is -0.406 e. The van der Waals surface area contributed by atoms with Crippen molar-refractivity contribution in [2.75, 3.05) is 18.4 Å². The molecular weight excluding hydrogens is 463 g/mol. The van der Waals surface area contributed by atoms with Crippen molar-refractivity contribution in [2.45, 2.75) is 30.7 Å². The van der Waals surface area contributed by atoms with Crippen molar-refractivity contribution < 1.29 is 36.0 Å². The van der Waals surface area contributed by atoms with Crippen molar-refractivity contribution >= 4 is 21.6 Å². The molecule has 2 N–H and O–H groups in total. The topological polar surface area (TPSA) is 97.0 Å². The van der Waals surface area contributed by atoms with Crippen LogP contribution in [0.25, 0.3) is 0 Å². The summed E-state index contributed by atoms with van der Waals surface area (Å²) in [6, 6.07) is 12.9. The minimum atomic E-state index is -4.86. The lowest BCUT2D eigenvalue weighted by atomic mass is 10.2. The van der Waals surface area contributed by atoms with Crippen LogP contribution in [-0.4, -0.2) is 44.2 Å². The summed E-state index contributed by atoms with van der Waals surface area (Å²) in [6.45, 7) is 1.72. The molecule has 8 nitrogen and oxygen atoms in total. The van der Waals surface area contributed by atoms with Gasteiger partial charge in [-0.1, -0.05) is 18.2 Å². The van der Waals surface area contributed by atoms with Crippen LogP contribution in [-0.2, 0) is 19.7 Å². The molecule has 2 aromatic rings. The van der Waals surface area contributed by atoms with E-state index < -0.39 is 28.2 Å². The van der Waals surface area contributed by atoms with E-state index in [4.69, 9.17) is 4.84 Å². The number of nitrogens with zero attached hydrogens (tertiary/aromatic N) is 1. The largest absolute Gasteiger partial charge is 0.573 e. The smallest absolute Gasteiger partial charge is 0.406 e. The molecule has 1 atom stereocenters. The number of hydroxylamine groups is 1. The van der Waals surface area contributed by atoms with E-state index in [1.807, 2.05) is 6.07 Å². The molecule has 12 heteroatoms. The van der Waals surface area contributed by atoms with Gasteiger partial charge in [-0.15, -0.1) is 13.2 Å². The number of nitrogens with one attached hydrogen (secondary N) is 2. The van der Waals surface area contributed by atoms with Gasteiger partial charge < -0.3 is 10.1 Å². The maximum atomic E-state index is 12.7. The summed E-state index contributed by atoms with van der Waals surface area (Å²) in [5.41, 5.74) is 3.92. The van der Waals surface area contributed by atoms with E-state index in [9.17, 15) is 26.4 Å². The molecule has 0 bridgehead atoms. The number of para-hydroxylation sites is 1. The molecular formula is C21H22F3N3O5S. The number of amides is 1. The molecule has 1 heterocycles. The second-order valence-corrected chi connectivity index (χ2v) is 9.02. The lowest BCUT2D eigenvalue weighted by Gasteiger charge is -2.26. The molecule has 1 aliphatic heterocycles. The maximum Gasteiger partial charge on any atom is 0.573 e. The van der Waals surface area contributed by atoms with Gasteiger partial charge in [0.05, 0.1) is 4.90 Å². The fourth-order valence-corrected chi connectivity index (χ4v) is 4.29. The lowest BCUT2D eigenvalue weighted by Crippen LogP contribution is -2.38. The monoisotopic (exact) mass is 485 g/mol. The number of hydrogen-bond donors (Lipinski definition) is 2. The molecule has 1 unspecified atom stereocenters. The molecule has 0 saturated carbocycles. The van der Waals surface area contributed by atoms with Gasteiger partial charge in [-0.25, -0.2) is 8.42 Å². The number of carbonyl (C=O) groups excluding carboxylic acids is 1. The molecule has 0 saturated heterocycles. The van der Waals surface area contributed by atoms with Crippen molar-refractivity contribution in [3.63, 3.8) is 0 Å². The van der Waals surface area contributed by atoms with E-state index in [2.05, 4.69) is 15.5 Å². The van der Waals surface area contributed by atoms with E-state index in [0.717, 1.165) is 24.3 Å². The third-order valence-electron chi connectivity index (χ3n) is 4.64. The first-order valence-electron chi connectivity index (χ1n) is 9.87. The summed E-state index contributed by atoms with van der Waals surface area (Å²) >= 11 is 0. The highest BCUT2D eigenvalue weighted by Crippen LogP contribution is 2.26. The number of benzene rings is 2. The van der Waals surface area contributed by atoms with Gasteiger partial charge >= 0.3 is 6.36 Å². The summed E-state index contributed by atoms with van der Waals surface area (Å²) in [6.07, 6.45) is -3.78. The first-order valence-corrected chi connectivity index (χ1v) is 11.3. The van der Waals surface area contributed by atoms with Crippen LogP contribution in [0.15, 0.2) is 71.3 Å². The average molecular weight is 485 g/mol. The van der Waals surface area contributed by atoms with E-state index >= 15 is 0 Å². The highest BCUT2D eigenvalue weighted by atomic mass is 32.2. The average Bonchev–Trinajstić information content (AvgIpc) is 2.77. The number of anilines is 1. The standard InChI is InChI=1S/C21H22F3N3O5S/c1-15(20(28)25-16-5-3-2-4-6-16)32-26-17-11-13-27(14-12-17)33(29,30)19-9-7-18(8-10-19)31-21(22,23)24/h2-11,15,26H,12-14H2,1H3,(H,25,28). The molecule has 178 valence electrons. The Hall–Kier alpha value is -3.09. The van der Waals surface area contributed by atoms with Crippen LogP contribution in [0.3, 0.4) is 0 Å². The van der Waals surface area contributed by atoms with Crippen molar-refractivity contribution in [2.24, 2.45) is 0 Å². The molecule has 0 aromatic heterocycles. The Morgan fingerprint density at radius 2 is 1.76 bits per heavy atom. The van der Waals surface area contributed by atoms with E-state index in [1.54, 1.807) is 37.3 Å². The van der Waals surface area contributed by atoms with Crippen molar-refractivity contribution in [3.8, 4) is 5.75 Å². The first kappa shape index (κ1) is 24.6. The Morgan fingerprint density at radius 1 is 1.09 bits per heavy atom. The number of rotatable bonds is 8. The Kier molecular flexibility index (Phi) is 7.61. The van der Waals surface area contributed by atoms with Crippen molar-refractivity contribution in [1.82, 2.24) is 9.79 Å². The lowest BCUT2D eigenvalue weighted by molar-refractivity contribution is -0.274. The number of sulfonamides is 1. The van der Waals surface area contributed by atoms with E-state index in [1.165, 1.54) is 4.31 Å². The molecule has 1 aliphatic rings. The zero-order valence-electron chi connectivity index (χ0n) is 17.5. The van der Waals surface area contributed by atoms with E-state index in [-0.39, 0.29) is 23.9 Å². The molecule has 0 spiro atoms. The van der Waals surface area contributed by atoms with Gasteiger partial charge in [0.1, 0.15) is 5.75 Å². The van der Waals surface area contributed by atoms with Gasteiger partial charge in [-0.2, -0.15) is 4.31 Å². The summed E-state index contributed by atoms with van der Waals surface area (Å²) < 4.78 is 67.2. The van der Waals surface area contributed by atoms with Crippen LogP contribution in [0.4, 0.5) is 18.9 Å². The Morgan fingerprint density at radius 3 is 2.33 bits per heavy atom. The molecule has 0 aliphatic carbocycles. The molecule has 33 heavy (non-hydrogen) atoms. The third-order valence-corrected chi connectivity index (χ3v) is 6.52. The highest BCUT2D eigenvalue weighted by Gasteiger charge is 2.32. The van der Waals surface area contributed by atoms with Gasteiger partial charge in [0.15, 0.2) is 6.10 Å². The predicted molar refractivity (Wildman–Crippen MR) is 113 cm³/mol. The van der Waals surface area contributed by atoms with Crippen LogP contribution in [0.1, 0.15) is 13.3 Å². The van der Waals surface area contributed by atoms with Crippen molar-refractivity contribution in [3.05, 3.63) is 66.4 Å². The van der Waals surface area contributed by atoms with Crippen molar-refractivity contribution in [1.29, 1.82) is 0 Å². The zero-order chi connectivity index (χ0) is 24.1. The highest BCUT2D eigenvalue weighted by molar-refractivity contribution is 7.89. The molecule has 2 aromatic carbocycles. The van der Waals surface area contributed by atoms with E-state index in [0.29, 0.717) is 17.8 Å². The third kappa shape index (κ3) is 6.94. The summed E-state index contributed by atoms with van der Waals surface area (Å²) in [7, 11) is -3.91. The second kappa shape index (κ2) is 10.2. The quantitative estimate of drug-likeness (QED) is 0.557.